The smallest absolute Gasteiger partial charge is 0.126 e. The van der Waals surface area contributed by atoms with Crippen molar-refractivity contribution >= 4 is 0 Å². The third-order valence-electron chi connectivity index (χ3n) is 7.52. The van der Waals surface area contributed by atoms with Gasteiger partial charge in [-0.1, -0.05) is 56.5 Å². The number of aliphatic hydroxyl groups is 2. The Morgan fingerprint density at radius 2 is 2.00 bits per heavy atom. The lowest BCUT2D eigenvalue weighted by Crippen LogP contribution is -2.20. The summed E-state index contributed by atoms with van der Waals surface area (Å²) in [6.07, 6.45) is 14.3. The highest BCUT2D eigenvalue weighted by Gasteiger charge is 2.48. The maximum atomic E-state index is 10.7. The van der Waals surface area contributed by atoms with Crippen LogP contribution in [0.1, 0.15) is 81.8 Å². The Bertz CT molecular complexity index is 727. The number of nitrogens with zero attached hydrogens (tertiary/aromatic N) is 1. The highest BCUT2D eigenvalue weighted by atomic mass is 16.5. The van der Waals surface area contributed by atoms with Crippen LogP contribution in [0.2, 0.25) is 0 Å². The number of para-hydroxylation sites is 1. The molecule has 1 saturated heterocycles. The van der Waals surface area contributed by atoms with E-state index in [0.29, 0.717) is 6.42 Å². The Labute approximate surface area is 188 Å². The molecule has 0 radical (unpaired) electrons. The molecule has 2 fully saturated rings. The van der Waals surface area contributed by atoms with Crippen molar-refractivity contribution in [2.75, 3.05) is 19.6 Å². The van der Waals surface area contributed by atoms with Crippen LogP contribution in [0.25, 0.3) is 0 Å². The fourth-order valence-electron chi connectivity index (χ4n) is 5.78. The molecule has 0 bridgehead atoms. The molecular weight excluding hydrogens is 386 g/mol. The van der Waals surface area contributed by atoms with Gasteiger partial charge in [-0.25, -0.2) is 0 Å². The first kappa shape index (κ1) is 22.8. The van der Waals surface area contributed by atoms with Crippen LogP contribution in [-0.2, 0) is 6.42 Å². The largest absolute Gasteiger partial charge is 0.489 e. The second-order valence-corrected chi connectivity index (χ2v) is 9.85. The van der Waals surface area contributed by atoms with Gasteiger partial charge in [0.25, 0.3) is 0 Å². The molecule has 0 aromatic heterocycles. The molecule has 172 valence electrons. The number of aliphatic hydroxyl groups excluding tert-OH is 2. The van der Waals surface area contributed by atoms with Crippen molar-refractivity contribution in [2.45, 2.75) is 95.4 Å². The van der Waals surface area contributed by atoms with Crippen LogP contribution < -0.4 is 4.74 Å². The summed E-state index contributed by atoms with van der Waals surface area (Å²) < 4.78 is 6.41. The van der Waals surface area contributed by atoms with E-state index in [4.69, 9.17) is 4.74 Å². The number of hydrogen-bond donors (Lipinski definition) is 2. The van der Waals surface area contributed by atoms with Crippen molar-refractivity contribution in [3.05, 3.63) is 41.5 Å². The summed E-state index contributed by atoms with van der Waals surface area (Å²) in [5, 5.41) is 21.0. The van der Waals surface area contributed by atoms with E-state index < -0.39 is 12.2 Å². The number of rotatable bonds is 11. The maximum Gasteiger partial charge on any atom is 0.126 e. The zero-order valence-corrected chi connectivity index (χ0v) is 19.2. The number of likely N-dealkylation sites (tertiary alicyclic amines) is 1. The lowest BCUT2D eigenvalue weighted by atomic mass is 9.86. The van der Waals surface area contributed by atoms with Gasteiger partial charge in [0, 0.05) is 23.8 Å². The van der Waals surface area contributed by atoms with Gasteiger partial charge < -0.3 is 19.8 Å². The minimum absolute atomic E-state index is 0.0255. The van der Waals surface area contributed by atoms with Crippen LogP contribution in [0, 0.1) is 5.92 Å². The first-order valence-electron chi connectivity index (χ1n) is 12.7. The van der Waals surface area contributed by atoms with E-state index in [1.54, 1.807) is 0 Å². The number of benzene rings is 1. The molecule has 3 aliphatic rings. The third kappa shape index (κ3) is 5.53. The van der Waals surface area contributed by atoms with Crippen LogP contribution in [0.5, 0.6) is 5.75 Å². The Morgan fingerprint density at radius 3 is 2.81 bits per heavy atom. The Morgan fingerprint density at radius 1 is 1.16 bits per heavy atom. The van der Waals surface area contributed by atoms with Crippen molar-refractivity contribution in [1.82, 2.24) is 4.90 Å². The summed E-state index contributed by atoms with van der Waals surface area (Å²) in [7, 11) is 0. The summed E-state index contributed by atoms with van der Waals surface area (Å²) in [6.45, 7) is 5.95. The predicted molar refractivity (Wildman–Crippen MR) is 126 cm³/mol. The highest BCUT2D eigenvalue weighted by Crippen LogP contribution is 2.52. The molecular formula is C27H41NO3. The molecule has 4 nitrogen and oxygen atoms in total. The van der Waals surface area contributed by atoms with Gasteiger partial charge in [-0.3, -0.25) is 0 Å². The summed E-state index contributed by atoms with van der Waals surface area (Å²) in [4.78, 5) is 2.59. The third-order valence-corrected chi connectivity index (χ3v) is 7.52. The standard InChI is InChI=1S/C27H41NO3/c1-2-3-4-12-21(29)14-15-22-24(30)19-25-26(22)23-13-9-11-20(27(23)31-25)10-5-6-16-28-17-7-8-18-28/h9,11,13-15,21-22,24-26,29-30H,2-8,10,12,16-19H2,1H3/t21-,22-,24+,25-,26-/m0/s1. The molecule has 1 aromatic rings. The van der Waals surface area contributed by atoms with Gasteiger partial charge in [0.1, 0.15) is 11.9 Å². The maximum absolute atomic E-state index is 10.7. The van der Waals surface area contributed by atoms with E-state index in [9.17, 15) is 10.2 Å². The zero-order chi connectivity index (χ0) is 21.6. The van der Waals surface area contributed by atoms with E-state index in [2.05, 4.69) is 36.1 Å². The van der Waals surface area contributed by atoms with Gasteiger partial charge in [0.05, 0.1) is 12.2 Å². The molecule has 4 rings (SSSR count). The van der Waals surface area contributed by atoms with Crippen LogP contribution in [0.3, 0.4) is 0 Å². The number of ether oxygens (including phenoxy) is 1. The van der Waals surface area contributed by atoms with Crippen molar-refractivity contribution in [3.63, 3.8) is 0 Å². The lowest BCUT2D eigenvalue weighted by Gasteiger charge is -2.18. The van der Waals surface area contributed by atoms with Gasteiger partial charge in [0.15, 0.2) is 0 Å². The monoisotopic (exact) mass is 427 g/mol. The molecule has 0 amide bonds. The fourth-order valence-corrected chi connectivity index (χ4v) is 5.78. The van der Waals surface area contributed by atoms with E-state index in [1.807, 2.05) is 6.08 Å². The summed E-state index contributed by atoms with van der Waals surface area (Å²) >= 11 is 0. The van der Waals surface area contributed by atoms with Crippen molar-refractivity contribution < 1.29 is 14.9 Å². The number of aryl methyl sites for hydroxylation is 1. The van der Waals surface area contributed by atoms with E-state index >= 15 is 0 Å². The lowest BCUT2D eigenvalue weighted by molar-refractivity contribution is 0.135. The topological polar surface area (TPSA) is 52.9 Å². The molecule has 5 atom stereocenters. The van der Waals surface area contributed by atoms with Crippen molar-refractivity contribution in [1.29, 1.82) is 0 Å². The average molecular weight is 428 g/mol. The van der Waals surface area contributed by atoms with Crippen LogP contribution in [0.15, 0.2) is 30.4 Å². The molecule has 2 aliphatic heterocycles. The number of hydrogen-bond acceptors (Lipinski definition) is 4. The molecule has 31 heavy (non-hydrogen) atoms. The molecule has 0 spiro atoms. The predicted octanol–water partition coefficient (Wildman–Crippen LogP) is 4.83. The summed E-state index contributed by atoms with van der Waals surface area (Å²) in [5.41, 5.74) is 2.58. The van der Waals surface area contributed by atoms with Crippen molar-refractivity contribution in [3.8, 4) is 5.75 Å². The van der Waals surface area contributed by atoms with Gasteiger partial charge in [0.2, 0.25) is 0 Å². The van der Waals surface area contributed by atoms with E-state index in [-0.39, 0.29) is 17.9 Å². The Kier molecular flexibility index (Phi) is 8.08. The van der Waals surface area contributed by atoms with Crippen LogP contribution in [-0.4, -0.2) is 53.1 Å². The van der Waals surface area contributed by atoms with Crippen LogP contribution in [0.4, 0.5) is 0 Å². The Hall–Kier alpha value is -1.36. The van der Waals surface area contributed by atoms with Gasteiger partial charge in [-0.2, -0.15) is 0 Å². The van der Waals surface area contributed by atoms with E-state index in [1.165, 1.54) is 56.4 Å². The van der Waals surface area contributed by atoms with E-state index in [0.717, 1.165) is 37.9 Å². The molecule has 4 heteroatoms. The number of fused-ring (bicyclic) bond motifs is 3. The quantitative estimate of drug-likeness (QED) is 0.392. The van der Waals surface area contributed by atoms with Gasteiger partial charge in [-0.15, -0.1) is 0 Å². The number of unbranched alkanes of at least 4 members (excludes halogenated alkanes) is 3. The first-order valence-corrected chi connectivity index (χ1v) is 12.7. The molecule has 2 N–H and O–H groups in total. The highest BCUT2D eigenvalue weighted by molar-refractivity contribution is 5.49. The normalized spacial score (nSPS) is 28.7. The minimum Gasteiger partial charge on any atom is -0.489 e. The van der Waals surface area contributed by atoms with Gasteiger partial charge in [-0.05, 0) is 63.7 Å². The zero-order valence-electron chi connectivity index (χ0n) is 19.2. The molecule has 0 unspecified atom stereocenters. The summed E-state index contributed by atoms with van der Waals surface area (Å²) in [5.74, 6) is 1.30. The molecule has 1 saturated carbocycles. The summed E-state index contributed by atoms with van der Waals surface area (Å²) in [6, 6.07) is 6.56. The van der Waals surface area contributed by atoms with Gasteiger partial charge >= 0.3 is 0 Å². The SMILES string of the molecule is CCCCC[C@H](O)C=C[C@@H]1[C@H]2c3cccc(CCCCN4CCCC4)c3O[C@H]2C[C@H]1O. The molecule has 2 heterocycles. The Balaban J connectivity index is 1.37. The minimum atomic E-state index is -0.415. The second kappa shape index (κ2) is 11.0. The van der Waals surface area contributed by atoms with Crippen LogP contribution >= 0.6 is 0 Å². The molecule has 1 aliphatic carbocycles. The molecule has 1 aromatic carbocycles. The van der Waals surface area contributed by atoms with Crippen molar-refractivity contribution in [2.24, 2.45) is 5.92 Å². The average Bonchev–Trinajstić information content (AvgIpc) is 3.46. The second-order valence-electron chi connectivity index (χ2n) is 9.85. The fraction of sp³-hybridized carbons (Fsp3) is 0.704. The first-order chi connectivity index (χ1) is 15.2.